The van der Waals surface area contributed by atoms with Gasteiger partial charge in [-0.05, 0) is 17.7 Å². The third-order valence-electron chi connectivity index (χ3n) is 2.98. The number of carbonyl (C=O) groups excluding carboxylic acids is 1. The Balaban J connectivity index is 1.95. The van der Waals surface area contributed by atoms with Crippen molar-refractivity contribution in [1.82, 2.24) is 5.32 Å². The largest absolute Gasteiger partial charge is 0.497 e. The van der Waals surface area contributed by atoms with E-state index in [1.165, 1.54) is 0 Å². The molecule has 0 bridgehead atoms. The van der Waals surface area contributed by atoms with Crippen LogP contribution in [0.2, 0.25) is 0 Å². The van der Waals surface area contributed by atoms with E-state index in [4.69, 9.17) is 9.47 Å². The third kappa shape index (κ3) is 4.66. The van der Waals surface area contributed by atoms with Gasteiger partial charge in [0.1, 0.15) is 11.5 Å². The van der Waals surface area contributed by atoms with Crippen molar-refractivity contribution in [2.45, 2.75) is 6.54 Å². The molecule has 5 nitrogen and oxygen atoms in total. The molecular weight excluding hydrogens is 348 g/mol. The Labute approximate surface area is 137 Å². The second-order valence-electron chi connectivity index (χ2n) is 4.54. The van der Waals surface area contributed by atoms with E-state index in [1.807, 2.05) is 24.3 Å². The lowest BCUT2D eigenvalue weighted by molar-refractivity contribution is 0.251. The van der Waals surface area contributed by atoms with Crippen LogP contribution in [0.4, 0.5) is 10.5 Å². The summed E-state index contributed by atoms with van der Waals surface area (Å²) < 4.78 is 11.3. The summed E-state index contributed by atoms with van der Waals surface area (Å²) in [6.45, 7) is 0.445. The maximum absolute atomic E-state index is 11.9. The Hall–Kier alpha value is -2.21. The molecule has 0 aliphatic carbocycles. The average Bonchev–Trinajstić information content (AvgIpc) is 2.54. The highest BCUT2D eigenvalue weighted by molar-refractivity contribution is 9.10. The van der Waals surface area contributed by atoms with Crippen molar-refractivity contribution in [1.29, 1.82) is 0 Å². The highest BCUT2D eigenvalue weighted by Crippen LogP contribution is 2.25. The summed E-state index contributed by atoms with van der Waals surface area (Å²) >= 11 is 3.37. The summed E-state index contributed by atoms with van der Waals surface area (Å²) in [5.41, 5.74) is 1.62. The number of benzene rings is 2. The van der Waals surface area contributed by atoms with Gasteiger partial charge in [-0.25, -0.2) is 4.79 Å². The van der Waals surface area contributed by atoms with Crippen molar-refractivity contribution in [3.63, 3.8) is 0 Å². The monoisotopic (exact) mass is 364 g/mol. The first kappa shape index (κ1) is 16.2. The van der Waals surface area contributed by atoms with Crippen LogP contribution in [0.3, 0.4) is 0 Å². The highest BCUT2D eigenvalue weighted by atomic mass is 79.9. The molecule has 2 aromatic carbocycles. The molecule has 0 aliphatic rings. The summed E-state index contributed by atoms with van der Waals surface area (Å²) in [6, 6.07) is 12.6. The van der Waals surface area contributed by atoms with E-state index in [1.54, 1.807) is 32.4 Å². The molecule has 22 heavy (non-hydrogen) atoms. The number of rotatable bonds is 5. The Morgan fingerprint density at radius 2 is 1.64 bits per heavy atom. The quantitative estimate of drug-likeness (QED) is 0.848. The van der Waals surface area contributed by atoms with Crippen molar-refractivity contribution in [2.24, 2.45) is 0 Å². The predicted molar refractivity (Wildman–Crippen MR) is 89.5 cm³/mol. The standard InChI is InChI=1S/C16H17BrN2O3/c1-21-14-7-13(8-15(9-14)22-2)19-16(20)18-10-11-3-5-12(17)6-4-11/h3-9H,10H2,1-2H3,(H2,18,19,20). The Morgan fingerprint density at radius 3 is 2.18 bits per heavy atom. The molecule has 2 amide bonds. The Kier molecular flexibility index (Phi) is 5.66. The second-order valence-corrected chi connectivity index (χ2v) is 5.45. The first-order valence-corrected chi connectivity index (χ1v) is 7.42. The molecule has 2 aromatic rings. The number of methoxy groups -OCH3 is 2. The second kappa shape index (κ2) is 7.70. The SMILES string of the molecule is COc1cc(NC(=O)NCc2ccc(Br)cc2)cc(OC)c1. The number of halogens is 1. The molecule has 0 radical (unpaired) electrons. The number of hydrogen-bond donors (Lipinski definition) is 2. The molecule has 116 valence electrons. The molecule has 0 spiro atoms. The minimum absolute atomic E-state index is 0.293. The molecule has 0 saturated carbocycles. The summed E-state index contributed by atoms with van der Waals surface area (Å²) in [5.74, 6) is 1.23. The zero-order chi connectivity index (χ0) is 15.9. The molecular formula is C16H17BrN2O3. The fraction of sp³-hybridized carbons (Fsp3) is 0.188. The number of urea groups is 1. The van der Waals surface area contributed by atoms with E-state index in [0.29, 0.717) is 23.7 Å². The van der Waals surface area contributed by atoms with Crippen molar-refractivity contribution in [3.8, 4) is 11.5 Å². The van der Waals surface area contributed by atoms with Gasteiger partial charge in [0.2, 0.25) is 0 Å². The number of amides is 2. The van der Waals surface area contributed by atoms with E-state index in [-0.39, 0.29) is 6.03 Å². The highest BCUT2D eigenvalue weighted by Gasteiger charge is 2.06. The van der Waals surface area contributed by atoms with Crippen LogP contribution in [-0.4, -0.2) is 20.3 Å². The molecule has 0 fully saturated rings. The van der Waals surface area contributed by atoms with Gasteiger partial charge in [-0.15, -0.1) is 0 Å². The molecule has 0 atom stereocenters. The third-order valence-corrected chi connectivity index (χ3v) is 3.50. The van der Waals surface area contributed by atoms with Crippen molar-refractivity contribution in [3.05, 3.63) is 52.5 Å². The van der Waals surface area contributed by atoms with Gasteiger partial charge in [0.05, 0.1) is 14.2 Å². The lowest BCUT2D eigenvalue weighted by atomic mass is 10.2. The van der Waals surface area contributed by atoms with Gasteiger partial charge in [0.25, 0.3) is 0 Å². The molecule has 2 rings (SSSR count). The lowest BCUT2D eigenvalue weighted by Crippen LogP contribution is -2.28. The van der Waals surface area contributed by atoms with Gasteiger partial charge in [-0.1, -0.05) is 28.1 Å². The zero-order valence-corrected chi connectivity index (χ0v) is 13.9. The first-order valence-electron chi connectivity index (χ1n) is 6.63. The van der Waals surface area contributed by atoms with Crippen LogP contribution in [0.5, 0.6) is 11.5 Å². The maximum Gasteiger partial charge on any atom is 0.319 e. The van der Waals surface area contributed by atoms with Crippen LogP contribution in [0, 0.1) is 0 Å². The van der Waals surface area contributed by atoms with Gasteiger partial charge in [0, 0.05) is 34.9 Å². The van der Waals surface area contributed by atoms with E-state index < -0.39 is 0 Å². The molecule has 0 unspecified atom stereocenters. The predicted octanol–water partition coefficient (Wildman–Crippen LogP) is 3.79. The lowest BCUT2D eigenvalue weighted by Gasteiger charge is -2.11. The Bertz CT molecular complexity index is 622. The van der Waals surface area contributed by atoms with E-state index in [2.05, 4.69) is 26.6 Å². The average molecular weight is 365 g/mol. The fourth-order valence-electron chi connectivity index (χ4n) is 1.84. The van der Waals surface area contributed by atoms with Crippen LogP contribution >= 0.6 is 15.9 Å². The molecule has 0 heterocycles. The van der Waals surface area contributed by atoms with E-state index >= 15 is 0 Å². The Morgan fingerprint density at radius 1 is 1.05 bits per heavy atom. The smallest absolute Gasteiger partial charge is 0.319 e. The summed E-state index contributed by atoms with van der Waals surface area (Å²) in [5, 5.41) is 5.55. The molecule has 0 aromatic heterocycles. The van der Waals surface area contributed by atoms with Crippen LogP contribution in [0.1, 0.15) is 5.56 Å². The maximum atomic E-state index is 11.9. The number of nitrogens with one attached hydrogen (secondary N) is 2. The van der Waals surface area contributed by atoms with Gasteiger partial charge >= 0.3 is 6.03 Å². The van der Waals surface area contributed by atoms with Crippen LogP contribution in [0.15, 0.2) is 46.9 Å². The van der Waals surface area contributed by atoms with E-state index in [9.17, 15) is 4.79 Å². The summed E-state index contributed by atoms with van der Waals surface area (Å²) in [6.07, 6.45) is 0. The van der Waals surface area contributed by atoms with Crippen molar-refractivity contribution in [2.75, 3.05) is 19.5 Å². The minimum Gasteiger partial charge on any atom is -0.497 e. The first-order chi connectivity index (χ1) is 10.6. The summed E-state index contributed by atoms with van der Waals surface area (Å²) in [7, 11) is 3.12. The van der Waals surface area contributed by atoms with Gasteiger partial charge in [-0.2, -0.15) is 0 Å². The molecule has 0 saturated heterocycles. The number of anilines is 1. The van der Waals surface area contributed by atoms with Gasteiger partial charge in [-0.3, -0.25) is 0 Å². The molecule has 0 aliphatic heterocycles. The normalized spacial score (nSPS) is 9.95. The van der Waals surface area contributed by atoms with Crippen LogP contribution in [0.25, 0.3) is 0 Å². The number of carbonyl (C=O) groups is 1. The fourth-order valence-corrected chi connectivity index (χ4v) is 2.10. The van der Waals surface area contributed by atoms with Gasteiger partial charge < -0.3 is 20.1 Å². The summed E-state index contributed by atoms with van der Waals surface area (Å²) in [4.78, 5) is 11.9. The van der Waals surface area contributed by atoms with Crippen LogP contribution in [-0.2, 0) is 6.54 Å². The van der Waals surface area contributed by atoms with Crippen molar-refractivity contribution < 1.29 is 14.3 Å². The van der Waals surface area contributed by atoms with Crippen molar-refractivity contribution >= 4 is 27.6 Å². The molecule has 2 N–H and O–H groups in total. The van der Waals surface area contributed by atoms with E-state index in [0.717, 1.165) is 10.0 Å². The van der Waals surface area contributed by atoms with Gasteiger partial charge in [0.15, 0.2) is 0 Å². The number of hydrogen-bond acceptors (Lipinski definition) is 3. The zero-order valence-electron chi connectivity index (χ0n) is 12.4. The topological polar surface area (TPSA) is 59.6 Å². The number of ether oxygens (including phenoxy) is 2. The minimum atomic E-state index is -0.293. The molecule has 6 heteroatoms. The van der Waals surface area contributed by atoms with Crippen LogP contribution < -0.4 is 20.1 Å².